The Morgan fingerprint density at radius 2 is 0.875 bits per heavy atom. The number of nitrogens with zero attached hydrogens (tertiary/aromatic N) is 5. The minimum absolute atomic E-state index is 0.206. The lowest BCUT2D eigenvalue weighted by Crippen LogP contribution is -2.15. The second-order valence-electron chi connectivity index (χ2n) is 19.6. The van der Waals surface area contributed by atoms with Crippen LogP contribution in [0.1, 0.15) is 25.0 Å². The zero-order chi connectivity index (χ0) is 47.7. The highest BCUT2D eigenvalue weighted by Gasteiger charge is 2.36. The van der Waals surface area contributed by atoms with Gasteiger partial charge in [0.25, 0.3) is 0 Å². The van der Waals surface area contributed by atoms with Crippen LogP contribution in [0.3, 0.4) is 0 Å². The molecular weight excluding hydrogens is 879 g/mol. The molecule has 0 aliphatic heterocycles. The molecule has 4 aromatic heterocycles. The number of hydrogen-bond donors (Lipinski definition) is 0. The highest BCUT2D eigenvalue weighted by atomic mass is 16.3. The molecule has 10 aromatic carbocycles. The zero-order valence-corrected chi connectivity index (χ0v) is 39.5. The van der Waals surface area contributed by atoms with E-state index in [0.29, 0.717) is 17.6 Å². The molecule has 6 heteroatoms. The lowest BCUT2D eigenvalue weighted by Gasteiger charge is -2.21. The van der Waals surface area contributed by atoms with E-state index >= 15 is 0 Å². The number of aromatic nitrogens is 5. The van der Waals surface area contributed by atoms with Crippen molar-refractivity contribution < 1.29 is 4.42 Å². The van der Waals surface area contributed by atoms with Gasteiger partial charge in [0.2, 0.25) is 5.95 Å². The molecule has 14 aromatic rings. The minimum atomic E-state index is -0.206. The maximum atomic E-state index is 6.57. The fourth-order valence-corrected chi connectivity index (χ4v) is 11.7. The van der Waals surface area contributed by atoms with Crippen LogP contribution in [0.2, 0.25) is 0 Å². The highest BCUT2D eigenvalue weighted by Crippen LogP contribution is 2.51. The molecule has 0 radical (unpaired) electrons. The third-order valence-electron chi connectivity index (χ3n) is 15.2. The van der Waals surface area contributed by atoms with Gasteiger partial charge in [0, 0.05) is 60.1 Å². The second kappa shape index (κ2) is 15.3. The van der Waals surface area contributed by atoms with Crippen LogP contribution >= 0.6 is 0 Å². The molecule has 72 heavy (non-hydrogen) atoms. The van der Waals surface area contributed by atoms with Gasteiger partial charge in [-0.05, 0) is 106 Å². The van der Waals surface area contributed by atoms with E-state index in [2.05, 4.69) is 205 Å². The molecule has 0 fully saturated rings. The maximum Gasteiger partial charge on any atom is 0.238 e. The van der Waals surface area contributed by atoms with Crippen LogP contribution < -0.4 is 0 Å². The van der Waals surface area contributed by atoms with Gasteiger partial charge in [-0.1, -0.05) is 172 Å². The third kappa shape index (κ3) is 5.99. The minimum Gasteiger partial charge on any atom is -0.455 e. The van der Waals surface area contributed by atoms with Crippen molar-refractivity contribution in [2.75, 3.05) is 0 Å². The summed E-state index contributed by atoms with van der Waals surface area (Å²) in [6.45, 7) is 4.68. The average Bonchev–Trinajstić information content (AvgIpc) is 4.15. The van der Waals surface area contributed by atoms with Crippen molar-refractivity contribution in [2.24, 2.45) is 0 Å². The van der Waals surface area contributed by atoms with Gasteiger partial charge in [0.05, 0.1) is 22.1 Å². The lowest BCUT2D eigenvalue weighted by atomic mass is 9.82. The normalized spacial score (nSPS) is 13.0. The molecule has 1 aliphatic carbocycles. The first kappa shape index (κ1) is 40.5. The third-order valence-corrected chi connectivity index (χ3v) is 15.2. The molecule has 15 rings (SSSR count). The molecule has 4 heterocycles. The van der Waals surface area contributed by atoms with Gasteiger partial charge in [0.15, 0.2) is 11.6 Å². The highest BCUT2D eigenvalue weighted by molar-refractivity contribution is 6.15. The Hall–Kier alpha value is -9.39. The monoisotopic (exact) mass is 921 g/mol. The fourth-order valence-electron chi connectivity index (χ4n) is 11.7. The topological polar surface area (TPSA) is 61.7 Å². The van der Waals surface area contributed by atoms with Crippen LogP contribution in [0.5, 0.6) is 0 Å². The van der Waals surface area contributed by atoms with Crippen LogP contribution in [-0.4, -0.2) is 24.1 Å². The lowest BCUT2D eigenvalue weighted by molar-refractivity contribution is 0.661. The Morgan fingerprint density at radius 1 is 0.347 bits per heavy atom. The number of hydrogen-bond acceptors (Lipinski definition) is 4. The van der Waals surface area contributed by atoms with Crippen LogP contribution in [-0.2, 0) is 5.41 Å². The van der Waals surface area contributed by atoms with Crippen molar-refractivity contribution >= 4 is 65.6 Å². The predicted molar refractivity (Wildman–Crippen MR) is 295 cm³/mol. The van der Waals surface area contributed by atoms with E-state index in [-0.39, 0.29) is 5.41 Å². The number of benzene rings is 10. The Kier molecular flexibility index (Phi) is 8.61. The number of para-hydroxylation sites is 3. The standard InChI is InChI=1S/C66H43N5O/c1-66(2)55-27-14-12-23-47(55)50-38-54-52-36-43(30-33-59(52)71(60(54)39-56(50)66)65-68-63(40-17-6-3-7-18-40)67-64(69-65)41-19-8-4-9-20-41)42-29-32-57-51(35-42)53-37-44(31-34-58(53)70(57)45-21-10-5-11-22-45)46-25-16-26-49-48-24-13-15-28-61(48)72-62(46)49/h3-39H,1-2H3. The molecule has 0 saturated carbocycles. The molecule has 338 valence electrons. The average molecular weight is 922 g/mol. The van der Waals surface area contributed by atoms with Gasteiger partial charge < -0.3 is 8.98 Å². The van der Waals surface area contributed by atoms with Gasteiger partial charge in [-0.25, -0.2) is 4.98 Å². The van der Waals surface area contributed by atoms with Crippen molar-refractivity contribution in [3.8, 4) is 67.8 Å². The van der Waals surface area contributed by atoms with Gasteiger partial charge in [-0.3, -0.25) is 4.57 Å². The van der Waals surface area contributed by atoms with E-state index in [0.717, 1.165) is 93.8 Å². The zero-order valence-electron chi connectivity index (χ0n) is 39.5. The largest absolute Gasteiger partial charge is 0.455 e. The van der Waals surface area contributed by atoms with Crippen LogP contribution in [0, 0.1) is 0 Å². The molecule has 0 amide bonds. The summed E-state index contributed by atoms with van der Waals surface area (Å²) in [4.78, 5) is 15.7. The van der Waals surface area contributed by atoms with Gasteiger partial charge in [-0.15, -0.1) is 0 Å². The summed E-state index contributed by atoms with van der Waals surface area (Å²) in [7, 11) is 0. The molecule has 1 aliphatic rings. The van der Waals surface area contributed by atoms with Crippen molar-refractivity contribution in [1.29, 1.82) is 0 Å². The molecule has 0 unspecified atom stereocenters. The summed E-state index contributed by atoms with van der Waals surface area (Å²) in [5.74, 6) is 1.83. The smallest absolute Gasteiger partial charge is 0.238 e. The van der Waals surface area contributed by atoms with E-state index in [1.54, 1.807) is 0 Å². The summed E-state index contributed by atoms with van der Waals surface area (Å²) in [5.41, 5.74) is 18.6. The molecular formula is C66H43N5O. The molecule has 0 bridgehead atoms. The number of furan rings is 1. The SMILES string of the molecule is CC1(C)c2ccccc2-c2cc3c4cc(-c5ccc6c(c5)c5cc(-c7cccc8c7oc7ccccc78)ccc5n6-c5ccccc5)ccc4n(-c4nc(-c5ccccc5)nc(-c5ccccc5)n4)c3cc21. The Labute approximate surface area is 414 Å². The first-order valence-electron chi connectivity index (χ1n) is 24.6. The number of rotatable bonds is 6. The van der Waals surface area contributed by atoms with Crippen LogP contribution in [0.4, 0.5) is 0 Å². The molecule has 0 saturated heterocycles. The summed E-state index contributed by atoms with van der Waals surface area (Å²) in [6.07, 6.45) is 0. The Bertz CT molecular complexity index is 4470. The summed E-state index contributed by atoms with van der Waals surface area (Å²) in [5, 5.41) is 6.87. The summed E-state index contributed by atoms with van der Waals surface area (Å²) < 4.78 is 11.2. The van der Waals surface area contributed by atoms with Crippen molar-refractivity contribution in [1.82, 2.24) is 24.1 Å². The number of fused-ring (bicyclic) bond motifs is 12. The summed E-state index contributed by atoms with van der Waals surface area (Å²) in [6, 6.07) is 80.2. The van der Waals surface area contributed by atoms with Crippen LogP contribution in [0.15, 0.2) is 229 Å². The van der Waals surface area contributed by atoms with E-state index in [4.69, 9.17) is 19.4 Å². The fraction of sp³-hybridized carbons (Fsp3) is 0.0455. The van der Waals surface area contributed by atoms with E-state index in [9.17, 15) is 0 Å². The second-order valence-corrected chi connectivity index (χ2v) is 19.6. The quantitative estimate of drug-likeness (QED) is 0.167. The van der Waals surface area contributed by atoms with E-state index in [1.165, 1.54) is 33.0 Å². The van der Waals surface area contributed by atoms with Crippen molar-refractivity contribution in [2.45, 2.75) is 19.3 Å². The first-order chi connectivity index (χ1) is 35.4. The van der Waals surface area contributed by atoms with Gasteiger partial charge in [0.1, 0.15) is 11.2 Å². The predicted octanol–water partition coefficient (Wildman–Crippen LogP) is 16.9. The molecule has 0 atom stereocenters. The maximum absolute atomic E-state index is 6.57. The molecule has 0 N–H and O–H groups in total. The van der Waals surface area contributed by atoms with Crippen molar-refractivity contribution in [3.63, 3.8) is 0 Å². The van der Waals surface area contributed by atoms with E-state index < -0.39 is 0 Å². The summed E-state index contributed by atoms with van der Waals surface area (Å²) >= 11 is 0. The Balaban J connectivity index is 0.966. The molecule has 6 nitrogen and oxygen atoms in total. The van der Waals surface area contributed by atoms with Gasteiger partial charge in [-0.2, -0.15) is 9.97 Å². The van der Waals surface area contributed by atoms with Crippen molar-refractivity contribution in [3.05, 3.63) is 236 Å². The molecule has 0 spiro atoms. The Morgan fingerprint density at radius 3 is 1.56 bits per heavy atom. The van der Waals surface area contributed by atoms with E-state index in [1.807, 2.05) is 42.5 Å². The first-order valence-corrected chi connectivity index (χ1v) is 24.6. The van der Waals surface area contributed by atoms with Gasteiger partial charge >= 0.3 is 0 Å². The van der Waals surface area contributed by atoms with Crippen LogP contribution in [0.25, 0.3) is 133 Å².